The summed E-state index contributed by atoms with van der Waals surface area (Å²) < 4.78 is 38.8. The van der Waals surface area contributed by atoms with E-state index in [2.05, 4.69) is 0 Å². The zero-order valence-corrected chi connectivity index (χ0v) is 11.8. The van der Waals surface area contributed by atoms with Crippen LogP contribution in [0.15, 0.2) is 23.1 Å². The highest BCUT2D eigenvalue weighted by Gasteiger charge is 2.24. The molecule has 0 bridgehead atoms. The Balaban J connectivity index is 3.10. The molecule has 1 N–H and O–H groups in total. The molecule has 0 amide bonds. The van der Waals surface area contributed by atoms with E-state index in [0.717, 1.165) is 18.2 Å². The van der Waals surface area contributed by atoms with Crippen LogP contribution in [0.3, 0.4) is 0 Å². The lowest BCUT2D eigenvalue weighted by Gasteiger charge is -2.23. The fourth-order valence-electron chi connectivity index (χ4n) is 1.34. The van der Waals surface area contributed by atoms with E-state index in [4.69, 9.17) is 11.6 Å². The maximum atomic E-state index is 13.0. The monoisotopic (exact) mass is 308 g/mol. The van der Waals surface area contributed by atoms with Gasteiger partial charge in [-0.3, -0.25) is 0 Å². The van der Waals surface area contributed by atoms with Gasteiger partial charge in [-0.25, -0.2) is 17.5 Å². The van der Waals surface area contributed by atoms with E-state index in [1.807, 2.05) is 4.72 Å². The first-order valence-corrected chi connectivity index (χ1v) is 7.19. The highest BCUT2D eigenvalue weighted by Crippen LogP contribution is 2.20. The average molecular weight is 309 g/mol. The second-order valence-electron chi connectivity index (χ2n) is 4.24. The standard InChI is InChI=1S/C11H13ClFNO4S/c1-6(2)10(11(15)16)14-19(17,18)7-3-4-9(13)8(12)5-7/h3-6,10,14H,1-2H3,(H,15,16)/p-1. The number of carbonyl (C=O) groups excluding carboxylic acids is 1. The molecule has 5 nitrogen and oxygen atoms in total. The van der Waals surface area contributed by atoms with E-state index < -0.39 is 33.8 Å². The second kappa shape index (κ2) is 5.85. The van der Waals surface area contributed by atoms with Crippen molar-refractivity contribution in [1.29, 1.82) is 0 Å². The normalized spacial score (nSPS) is 13.5. The van der Waals surface area contributed by atoms with Gasteiger partial charge in [-0.1, -0.05) is 25.4 Å². The van der Waals surface area contributed by atoms with Gasteiger partial charge in [-0.15, -0.1) is 0 Å². The lowest BCUT2D eigenvalue weighted by atomic mass is 10.1. The van der Waals surface area contributed by atoms with Crippen LogP contribution in [0.5, 0.6) is 0 Å². The molecule has 106 valence electrons. The van der Waals surface area contributed by atoms with Crippen LogP contribution < -0.4 is 9.83 Å². The number of benzene rings is 1. The summed E-state index contributed by atoms with van der Waals surface area (Å²) in [6.45, 7) is 3.06. The quantitative estimate of drug-likeness (QED) is 0.860. The summed E-state index contributed by atoms with van der Waals surface area (Å²) in [6.07, 6.45) is 0. The molecule has 0 spiro atoms. The Morgan fingerprint density at radius 3 is 2.42 bits per heavy atom. The lowest BCUT2D eigenvalue weighted by Crippen LogP contribution is -2.50. The molecular formula is C11H12ClFNO4S-. The van der Waals surface area contributed by atoms with Gasteiger partial charge in [-0.05, 0) is 24.1 Å². The first-order chi connectivity index (χ1) is 8.65. The molecule has 0 radical (unpaired) electrons. The number of carboxylic acid groups (broad SMARTS) is 1. The Labute approximate surface area is 115 Å². The number of hydrogen-bond donors (Lipinski definition) is 1. The van der Waals surface area contributed by atoms with Crippen LogP contribution in [0.2, 0.25) is 5.02 Å². The van der Waals surface area contributed by atoms with Crippen molar-refractivity contribution < 1.29 is 22.7 Å². The molecule has 19 heavy (non-hydrogen) atoms. The van der Waals surface area contributed by atoms with Gasteiger partial charge in [0.15, 0.2) is 0 Å². The largest absolute Gasteiger partial charge is 0.548 e. The molecule has 1 atom stereocenters. The van der Waals surface area contributed by atoms with Crippen LogP contribution in [0.25, 0.3) is 0 Å². The van der Waals surface area contributed by atoms with E-state index >= 15 is 0 Å². The molecule has 1 aromatic rings. The van der Waals surface area contributed by atoms with E-state index in [1.165, 1.54) is 13.8 Å². The van der Waals surface area contributed by atoms with Crippen LogP contribution >= 0.6 is 11.6 Å². The molecule has 0 heterocycles. The zero-order valence-electron chi connectivity index (χ0n) is 10.2. The van der Waals surface area contributed by atoms with Crippen LogP contribution in [0, 0.1) is 11.7 Å². The summed E-state index contributed by atoms with van der Waals surface area (Å²) in [5.41, 5.74) is 0. The molecule has 0 aromatic heterocycles. The van der Waals surface area contributed by atoms with Crippen molar-refractivity contribution in [2.45, 2.75) is 24.8 Å². The molecule has 0 saturated heterocycles. The first-order valence-electron chi connectivity index (χ1n) is 5.33. The van der Waals surface area contributed by atoms with E-state index in [0.29, 0.717) is 0 Å². The highest BCUT2D eigenvalue weighted by atomic mass is 35.5. The minimum absolute atomic E-state index is 0.314. The predicted molar refractivity (Wildman–Crippen MR) is 65.4 cm³/mol. The van der Waals surface area contributed by atoms with Gasteiger partial charge >= 0.3 is 0 Å². The van der Waals surface area contributed by atoms with Gasteiger partial charge in [0, 0.05) is 0 Å². The second-order valence-corrected chi connectivity index (χ2v) is 6.36. The number of halogens is 2. The maximum absolute atomic E-state index is 13.0. The summed E-state index contributed by atoms with van der Waals surface area (Å²) in [5.74, 6) is -2.80. The predicted octanol–water partition coefficient (Wildman–Crippen LogP) is 0.532. The Morgan fingerprint density at radius 1 is 1.42 bits per heavy atom. The molecule has 1 aromatic carbocycles. The summed E-state index contributed by atoms with van der Waals surface area (Å²) in [7, 11) is -4.11. The Kier molecular flexibility index (Phi) is 4.89. The van der Waals surface area contributed by atoms with Gasteiger partial charge in [0.2, 0.25) is 10.0 Å². The summed E-state index contributed by atoms with van der Waals surface area (Å²) in [5, 5.41) is 10.5. The van der Waals surface area contributed by atoms with Crippen molar-refractivity contribution in [1.82, 2.24) is 4.72 Å². The third-order valence-electron chi connectivity index (χ3n) is 2.40. The van der Waals surface area contributed by atoms with Crippen molar-refractivity contribution in [3.8, 4) is 0 Å². The molecular weight excluding hydrogens is 297 g/mol. The number of carboxylic acids is 1. The molecule has 0 saturated carbocycles. The molecule has 0 aliphatic rings. The summed E-state index contributed by atoms with van der Waals surface area (Å²) in [4.78, 5) is 10.5. The molecule has 0 aliphatic heterocycles. The van der Waals surface area contributed by atoms with Crippen LogP contribution in [0.4, 0.5) is 4.39 Å². The van der Waals surface area contributed by atoms with Gasteiger partial charge in [0.25, 0.3) is 0 Å². The Hall–Kier alpha value is -1.18. The summed E-state index contributed by atoms with van der Waals surface area (Å²) >= 11 is 5.49. The topological polar surface area (TPSA) is 86.3 Å². The number of rotatable bonds is 5. The van der Waals surface area contributed by atoms with Gasteiger partial charge in [0.1, 0.15) is 5.82 Å². The van der Waals surface area contributed by atoms with Crippen molar-refractivity contribution >= 4 is 27.6 Å². The van der Waals surface area contributed by atoms with E-state index in [9.17, 15) is 22.7 Å². The smallest absolute Gasteiger partial charge is 0.241 e. The van der Waals surface area contributed by atoms with E-state index in [1.54, 1.807) is 0 Å². The number of sulfonamides is 1. The third kappa shape index (κ3) is 3.89. The van der Waals surface area contributed by atoms with Gasteiger partial charge in [-0.2, -0.15) is 0 Å². The van der Waals surface area contributed by atoms with Crippen LogP contribution in [-0.4, -0.2) is 20.4 Å². The molecule has 0 fully saturated rings. The lowest BCUT2D eigenvalue weighted by molar-refractivity contribution is -0.309. The zero-order chi connectivity index (χ0) is 14.8. The Bertz CT molecular complexity index is 588. The van der Waals surface area contributed by atoms with Gasteiger partial charge < -0.3 is 9.90 Å². The van der Waals surface area contributed by atoms with Crippen molar-refractivity contribution in [3.63, 3.8) is 0 Å². The van der Waals surface area contributed by atoms with Crippen molar-refractivity contribution in [3.05, 3.63) is 29.0 Å². The number of aliphatic carboxylic acids is 1. The third-order valence-corrected chi connectivity index (χ3v) is 4.13. The average Bonchev–Trinajstić information content (AvgIpc) is 2.28. The molecule has 1 rings (SSSR count). The van der Waals surface area contributed by atoms with Crippen molar-refractivity contribution in [2.75, 3.05) is 0 Å². The molecule has 8 heteroatoms. The van der Waals surface area contributed by atoms with E-state index in [-0.39, 0.29) is 9.92 Å². The molecule has 1 unspecified atom stereocenters. The maximum Gasteiger partial charge on any atom is 0.241 e. The minimum atomic E-state index is -4.11. The Morgan fingerprint density at radius 2 is 2.00 bits per heavy atom. The highest BCUT2D eigenvalue weighted by molar-refractivity contribution is 7.89. The molecule has 0 aliphatic carbocycles. The fraction of sp³-hybridized carbons (Fsp3) is 0.364. The van der Waals surface area contributed by atoms with Gasteiger partial charge in [0.05, 0.1) is 21.9 Å². The number of carbonyl (C=O) groups is 1. The van der Waals surface area contributed by atoms with Crippen LogP contribution in [0.1, 0.15) is 13.8 Å². The number of nitrogens with one attached hydrogen (secondary N) is 1. The van der Waals surface area contributed by atoms with Crippen molar-refractivity contribution in [2.24, 2.45) is 5.92 Å². The van der Waals surface area contributed by atoms with Crippen LogP contribution in [-0.2, 0) is 14.8 Å². The fourth-order valence-corrected chi connectivity index (χ4v) is 2.94. The minimum Gasteiger partial charge on any atom is -0.548 e. The first kappa shape index (κ1) is 15.9. The summed E-state index contributed by atoms with van der Waals surface area (Å²) in [6, 6.07) is 1.41. The SMILES string of the molecule is CC(C)C(NS(=O)(=O)c1ccc(F)c(Cl)c1)C(=O)[O-]. The number of hydrogen-bond acceptors (Lipinski definition) is 4.